The van der Waals surface area contributed by atoms with Gasteiger partial charge in [0.25, 0.3) is 0 Å². The number of ether oxygens (including phenoxy) is 2. The van der Waals surface area contributed by atoms with Gasteiger partial charge >= 0.3 is 5.69 Å². The standard InChI is InChI=1S/C25H33N5O8S2/c1-26-39(33,34)20-4-2-3-19(11-20)37-16-18(31)14-27-17-13-25(38-15-17)7-9-30(10-8-25)40(35,36)21-5-6-22-23(12-21)29-24(32)28-22/h2-6,11-12,17-18,26-27,31H,7-10,13-16H2,1H3,(H2,28,29,32)/t17?,18-/m0/s1. The second-order valence-corrected chi connectivity index (χ2v) is 14.0. The second kappa shape index (κ2) is 11.2. The van der Waals surface area contributed by atoms with Crippen LogP contribution in [0.25, 0.3) is 11.0 Å². The summed E-state index contributed by atoms with van der Waals surface area (Å²) in [7, 11) is -5.99. The Morgan fingerprint density at radius 2 is 1.85 bits per heavy atom. The summed E-state index contributed by atoms with van der Waals surface area (Å²) in [4.78, 5) is 16.9. The van der Waals surface area contributed by atoms with Crippen LogP contribution in [0, 0.1) is 0 Å². The van der Waals surface area contributed by atoms with E-state index in [4.69, 9.17) is 9.47 Å². The number of nitrogens with zero attached hydrogens (tertiary/aromatic N) is 1. The highest BCUT2D eigenvalue weighted by Gasteiger charge is 2.44. The summed E-state index contributed by atoms with van der Waals surface area (Å²) in [5.74, 6) is 0.335. The Labute approximate surface area is 232 Å². The minimum atomic E-state index is -3.72. The highest BCUT2D eigenvalue weighted by Crippen LogP contribution is 2.37. The van der Waals surface area contributed by atoms with Crippen LogP contribution < -0.4 is 20.5 Å². The van der Waals surface area contributed by atoms with Crippen molar-refractivity contribution in [3.8, 4) is 5.75 Å². The van der Waals surface area contributed by atoms with Crippen molar-refractivity contribution in [3.05, 3.63) is 52.9 Å². The van der Waals surface area contributed by atoms with E-state index in [-0.39, 0.29) is 29.0 Å². The summed E-state index contributed by atoms with van der Waals surface area (Å²) < 4.78 is 65.8. The molecule has 2 aliphatic heterocycles. The first-order valence-corrected chi connectivity index (χ1v) is 15.9. The lowest BCUT2D eigenvalue weighted by Crippen LogP contribution is -2.47. The Morgan fingerprint density at radius 1 is 1.10 bits per heavy atom. The van der Waals surface area contributed by atoms with E-state index < -0.39 is 37.4 Å². The number of aliphatic hydroxyl groups is 1. The summed E-state index contributed by atoms with van der Waals surface area (Å²) in [5.41, 5.74) is 0.166. The molecule has 1 unspecified atom stereocenters. The van der Waals surface area contributed by atoms with E-state index in [1.807, 2.05) is 0 Å². The molecule has 0 amide bonds. The topological polar surface area (TPSA) is 183 Å². The molecule has 40 heavy (non-hydrogen) atoms. The number of piperidine rings is 1. The molecule has 13 nitrogen and oxygen atoms in total. The van der Waals surface area contributed by atoms with E-state index in [9.17, 15) is 26.7 Å². The Bertz CT molecular complexity index is 1630. The predicted octanol–water partition coefficient (Wildman–Crippen LogP) is 0.106. The normalized spacial score (nSPS) is 20.7. The Morgan fingerprint density at radius 3 is 2.60 bits per heavy atom. The number of benzene rings is 2. The van der Waals surface area contributed by atoms with Gasteiger partial charge in [-0.05, 0) is 56.6 Å². The number of H-pyrrole nitrogens is 2. The van der Waals surface area contributed by atoms with Gasteiger partial charge in [-0.15, -0.1) is 0 Å². The van der Waals surface area contributed by atoms with E-state index in [2.05, 4.69) is 20.0 Å². The minimum Gasteiger partial charge on any atom is -0.491 e. The molecule has 0 bridgehead atoms. The molecule has 2 atom stereocenters. The van der Waals surface area contributed by atoms with E-state index in [0.29, 0.717) is 55.7 Å². The lowest BCUT2D eigenvalue weighted by atomic mass is 9.88. The van der Waals surface area contributed by atoms with Gasteiger partial charge in [-0.3, -0.25) is 0 Å². The van der Waals surface area contributed by atoms with Gasteiger partial charge in [-0.2, -0.15) is 4.31 Å². The van der Waals surface area contributed by atoms with Crippen molar-refractivity contribution in [1.82, 2.24) is 24.3 Å². The van der Waals surface area contributed by atoms with Gasteiger partial charge in [0, 0.05) is 31.7 Å². The molecule has 3 heterocycles. The fourth-order valence-electron chi connectivity index (χ4n) is 5.18. The highest BCUT2D eigenvalue weighted by molar-refractivity contribution is 7.89. The molecule has 0 saturated carbocycles. The number of rotatable bonds is 10. The number of aromatic nitrogens is 2. The molecule has 3 aromatic rings. The van der Waals surface area contributed by atoms with Crippen molar-refractivity contribution in [2.24, 2.45) is 0 Å². The van der Waals surface area contributed by atoms with Crippen LogP contribution in [-0.2, 0) is 24.8 Å². The third kappa shape index (κ3) is 6.10. The molecule has 2 fully saturated rings. The molecule has 0 radical (unpaired) electrons. The number of fused-ring (bicyclic) bond motifs is 1. The Hall–Kier alpha value is -2.79. The molecule has 2 aliphatic rings. The lowest BCUT2D eigenvalue weighted by Gasteiger charge is -2.38. The van der Waals surface area contributed by atoms with E-state index in [0.717, 1.165) is 0 Å². The van der Waals surface area contributed by atoms with Gasteiger partial charge in [-0.25, -0.2) is 26.4 Å². The zero-order valence-electron chi connectivity index (χ0n) is 21.9. The van der Waals surface area contributed by atoms with Crippen LogP contribution in [0.4, 0.5) is 0 Å². The van der Waals surface area contributed by atoms with E-state index >= 15 is 0 Å². The maximum absolute atomic E-state index is 13.2. The maximum Gasteiger partial charge on any atom is 0.323 e. The number of imidazole rings is 1. The number of aliphatic hydroxyl groups excluding tert-OH is 1. The van der Waals surface area contributed by atoms with Gasteiger partial charge in [-0.1, -0.05) is 6.07 Å². The molecule has 1 aromatic heterocycles. The third-order valence-corrected chi connectivity index (χ3v) is 10.7. The largest absolute Gasteiger partial charge is 0.491 e. The molecular weight excluding hydrogens is 562 g/mol. The number of hydrogen-bond acceptors (Lipinski definition) is 9. The van der Waals surface area contributed by atoms with Crippen molar-refractivity contribution in [1.29, 1.82) is 0 Å². The second-order valence-electron chi connectivity index (χ2n) is 10.1. The minimum absolute atomic E-state index is 0.00488. The van der Waals surface area contributed by atoms with Gasteiger partial charge in [0.1, 0.15) is 18.5 Å². The highest BCUT2D eigenvalue weighted by atomic mass is 32.2. The van der Waals surface area contributed by atoms with Gasteiger partial charge in [0.2, 0.25) is 20.0 Å². The van der Waals surface area contributed by atoms with Crippen LogP contribution in [0.5, 0.6) is 5.75 Å². The SMILES string of the molecule is CNS(=O)(=O)c1cccc(OC[C@@H](O)CNC2COC3(CCN(S(=O)(=O)c4ccc5[nH]c(=O)[nH]c5c4)CC3)C2)c1. The van der Waals surface area contributed by atoms with Gasteiger partial charge in [0.15, 0.2) is 0 Å². The Kier molecular flexibility index (Phi) is 8.07. The third-order valence-electron chi connectivity index (χ3n) is 7.44. The zero-order valence-corrected chi connectivity index (χ0v) is 23.6. The quantitative estimate of drug-likeness (QED) is 0.217. The summed E-state index contributed by atoms with van der Waals surface area (Å²) >= 11 is 0. The summed E-state index contributed by atoms with van der Waals surface area (Å²) in [5, 5.41) is 13.7. The summed E-state index contributed by atoms with van der Waals surface area (Å²) in [6.07, 6.45) is 0.950. The van der Waals surface area contributed by atoms with Crippen molar-refractivity contribution >= 4 is 31.1 Å². The first-order chi connectivity index (χ1) is 19.0. The number of sulfonamides is 2. The van der Waals surface area contributed by atoms with E-state index in [1.165, 1.54) is 35.6 Å². The molecule has 2 saturated heterocycles. The lowest BCUT2D eigenvalue weighted by molar-refractivity contribution is -0.0312. The van der Waals surface area contributed by atoms with Crippen LogP contribution in [-0.4, -0.2) is 93.9 Å². The average molecular weight is 596 g/mol. The molecule has 1 spiro atoms. The zero-order chi connectivity index (χ0) is 28.5. The van der Waals surface area contributed by atoms with Gasteiger partial charge in [0.05, 0.1) is 33.0 Å². The van der Waals surface area contributed by atoms with Crippen molar-refractivity contribution < 1.29 is 31.4 Å². The van der Waals surface area contributed by atoms with Gasteiger partial charge < -0.3 is 29.9 Å². The maximum atomic E-state index is 13.2. The van der Waals surface area contributed by atoms with Crippen LogP contribution in [0.1, 0.15) is 19.3 Å². The monoisotopic (exact) mass is 595 g/mol. The molecular formula is C25H33N5O8S2. The predicted molar refractivity (Wildman–Crippen MR) is 146 cm³/mol. The first kappa shape index (κ1) is 28.7. The smallest absolute Gasteiger partial charge is 0.323 e. The van der Waals surface area contributed by atoms with Crippen LogP contribution in [0.2, 0.25) is 0 Å². The van der Waals surface area contributed by atoms with Crippen LogP contribution in [0.3, 0.4) is 0 Å². The number of nitrogens with one attached hydrogen (secondary N) is 4. The van der Waals surface area contributed by atoms with Crippen molar-refractivity contribution in [2.75, 3.05) is 39.9 Å². The first-order valence-electron chi connectivity index (χ1n) is 12.9. The van der Waals surface area contributed by atoms with Crippen LogP contribution in [0.15, 0.2) is 57.1 Å². The summed E-state index contributed by atoms with van der Waals surface area (Å²) in [6.45, 7) is 1.31. The fraction of sp³-hybridized carbons (Fsp3) is 0.480. The Balaban J connectivity index is 1.09. The average Bonchev–Trinajstić information content (AvgIpc) is 3.52. The molecule has 0 aliphatic carbocycles. The van der Waals surface area contributed by atoms with E-state index in [1.54, 1.807) is 18.2 Å². The molecule has 218 valence electrons. The summed E-state index contributed by atoms with van der Waals surface area (Å²) in [6, 6.07) is 10.6. The van der Waals surface area contributed by atoms with Crippen LogP contribution >= 0.6 is 0 Å². The van der Waals surface area contributed by atoms with Crippen molar-refractivity contribution in [2.45, 2.75) is 46.8 Å². The number of aromatic amines is 2. The molecule has 15 heteroatoms. The molecule has 2 aromatic carbocycles. The molecule has 5 N–H and O–H groups in total. The fourth-order valence-corrected chi connectivity index (χ4v) is 7.42. The van der Waals surface area contributed by atoms with Crippen molar-refractivity contribution in [3.63, 3.8) is 0 Å². The molecule has 5 rings (SSSR count). The number of hydrogen-bond donors (Lipinski definition) is 5.